The zero-order valence-corrected chi connectivity index (χ0v) is 11.0. The van der Waals surface area contributed by atoms with Crippen LogP contribution >= 0.6 is 0 Å². The Morgan fingerprint density at radius 2 is 1.86 bits per heavy atom. The molecule has 0 aliphatic carbocycles. The summed E-state index contributed by atoms with van der Waals surface area (Å²) in [6.07, 6.45) is 0. The summed E-state index contributed by atoms with van der Waals surface area (Å²) in [4.78, 5) is 15.9. The maximum Gasteiger partial charge on any atom is 0.336 e. The number of nitrogen functional groups attached to an aromatic ring is 1. The zero-order chi connectivity index (χ0) is 15.0. The van der Waals surface area contributed by atoms with Crippen LogP contribution in [0.3, 0.4) is 0 Å². The molecule has 1 heterocycles. The van der Waals surface area contributed by atoms with Gasteiger partial charge in [-0.1, -0.05) is 30.3 Å². The van der Waals surface area contributed by atoms with Crippen LogP contribution in [-0.4, -0.2) is 22.1 Å². The predicted molar refractivity (Wildman–Crippen MR) is 78.5 cm³/mol. The van der Waals surface area contributed by atoms with Crippen molar-refractivity contribution in [3.63, 3.8) is 0 Å². The van der Waals surface area contributed by atoms with Crippen molar-refractivity contribution in [2.24, 2.45) is 4.99 Å². The molecule has 0 fully saturated rings. The highest BCUT2D eigenvalue weighted by molar-refractivity contribution is 6.39. The van der Waals surface area contributed by atoms with Crippen LogP contribution in [0.1, 0.15) is 17.2 Å². The van der Waals surface area contributed by atoms with E-state index in [0.29, 0.717) is 16.3 Å². The van der Waals surface area contributed by atoms with Crippen molar-refractivity contribution in [2.45, 2.75) is 6.04 Å². The molecule has 4 N–H and O–H groups in total. The lowest BCUT2D eigenvalue weighted by atomic mass is 9.97. The van der Waals surface area contributed by atoms with E-state index < -0.39 is 17.8 Å². The van der Waals surface area contributed by atoms with Crippen LogP contribution in [0.4, 0.5) is 11.4 Å². The Hall–Kier alpha value is -2.86. The van der Waals surface area contributed by atoms with Crippen LogP contribution in [0.5, 0.6) is 0 Å². The minimum absolute atomic E-state index is 0.246. The van der Waals surface area contributed by atoms with Crippen molar-refractivity contribution in [1.82, 2.24) is 0 Å². The van der Waals surface area contributed by atoms with E-state index in [-0.39, 0.29) is 5.69 Å². The molecule has 1 unspecified atom stereocenters. The van der Waals surface area contributed by atoms with Crippen molar-refractivity contribution >= 4 is 23.2 Å². The number of amides is 1. The SMILES string of the molecule is Nc1ccc2c(c1)C(c1ccccc1)N=C(O)C(=O)N2O. The van der Waals surface area contributed by atoms with Gasteiger partial charge in [-0.25, -0.2) is 4.99 Å². The monoisotopic (exact) mass is 283 g/mol. The van der Waals surface area contributed by atoms with E-state index in [0.717, 1.165) is 5.56 Å². The standard InChI is InChI=1S/C15H13N3O3/c16-10-6-7-12-11(8-10)13(9-4-2-1-3-5-9)17-14(19)15(20)18(12)21/h1-8,13,21H,16H2,(H,17,19). The van der Waals surface area contributed by atoms with Gasteiger partial charge in [0.25, 0.3) is 5.90 Å². The van der Waals surface area contributed by atoms with E-state index in [1.165, 1.54) is 6.07 Å². The Labute approximate surface area is 120 Å². The minimum atomic E-state index is -0.973. The van der Waals surface area contributed by atoms with E-state index in [2.05, 4.69) is 4.99 Å². The van der Waals surface area contributed by atoms with E-state index in [1.54, 1.807) is 12.1 Å². The average Bonchev–Trinajstić information content (AvgIpc) is 2.59. The molecular formula is C15H13N3O3. The molecule has 1 aliphatic rings. The number of anilines is 2. The van der Waals surface area contributed by atoms with Crippen LogP contribution in [0.25, 0.3) is 0 Å². The molecule has 106 valence electrons. The molecule has 6 nitrogen and oxygen atoms in total. The lowest BCUT2D eigenvalue weighted by Gasteiger charge is -2.18. The number of nitrogens with zero attached hydrogens (tertiary/aromatic N) is 2. The molecule has 2 aromatic carbocycles. The number of fused-ring (bicyclic) bond motifs is 1. The minimum Gasteiger partial charge on any atom is -0.490 e. The molecule has 1 amide bonds. The Kier molecular flexibility index (Phi) is 3.08. The van der Waals surface area contributed by atoms with E-state index in [1.807, 2.05) is 30.3 Å². The first kappa shape index (κ1) is 13.1. The summed E-state index contributed by atoms with van der Waals surface area (Å²) < 4.78 is 0. The van der Waals surface area contributed by atoms with Crippen molar-refractivity contribution in [1.29, 1.82) is 0 Å². The second-order valence-corrected chi connectivity index (χ2v) is 4.70. The molecule has 3 rings (SSSR count). The highest BCUT2D eigenvalue weighted by atomic mass is 16.5. The third-order valence-corrected chi connectivity index (χ3v) is 3.32. The quantitative estimate of drug-likeness (QED) is 0.551. The second kappa shape index (κ2) is 4.92. The summed E-state index contributed by atoms with van der Waals surface area (Å²) in [7, 11) is 0. The molecule has 0 radical (unpaired) electrons. The van der Waals surface area contributed by atoms with Gasteiger partial charge in [0.15, 0.2) is 0 Å². The van der Waals surface area contributed by atoms with Crippen LogP contribution in [0.15, 0.2) is 53.5 Å². The van der Waals surface area contributed by atoms with Gasteiger partial charge in [0.1, 0.15) is 6.04 Å². The van der Waals surface area contributed by atoms with E-state index >= 15 is 0 Å². The summed E-state index contributed by atoms with van der Waals surface area (Å²) in [5.41, 5.74) is 7.84. The Morgan fingerprint density at radius 3 is 2.57 bits per heavy atom. The van der Waals surface area contributed by atoms with Crippen LogP contribution in [0.2, 0.25) is 0 Å². The number of aliphatic hydroxyl groups is 1. The van der Waals surface area contributed by atoms with Crippen molar-refractivity contribution in [3.8, 4) is 0 Å². The largest absolute Gasteiger partial charge is 0.490 e. The number of hydrogen-bond acceptors (Lipinski definition) is 4. The maximum absolute atomic E-state index is 11.8. The number of rotatable bonds is 1. The van der Waals surface area contributed by atoms with Gasteiger partial charge in [0, 0.05) is 11.3 Å². The smallest absolute Gasteiger partial charge is 0.336 e. The predicted octanol–water partition coefficient (Wildman–Crippen LogP) is 2.05. The molecule has 0 aromatic heterocycles. The van der Waals surface area contributed by atoms with E-state index in [9.17, 15) is 15.1 Å². The molecule has 0 saturated carbocycles. The number of hydroxylamine groups is 1. The van der Waals surface area contributed by atoms with E-state index in [4.69, 9.17) is 5.73 Å². The number of carbonyl (C=O) groups is 1. The van der Waals surface area contributed by atoms with Gasteiger partial charge in [0.2, 0.25) is 0 Å². The van der Waals surface area contributed by atoms with Crippen LogP contribution in [-0.2, 0) is 4.79 Å². The molecular weight excluding hydrogens is 270 g/mol. The Bertz CT molecular complexity index is 728. The number of aliphatic imine (C=N–C) groups is 1. The summed E-state index contributed by atoms with van der Waals surface area (Å²) in [5, 5.41) is 20.1. The number of carbonyl (C=O) groups excluding carboxylic acids is 1. The van der Waals surface area contributed by atoms with Gasteiger partial charge in [-0.05, 0) is 23.8 Å². The van der Waals surface area contributed by atoms with Gasteiger partial charge < -0.3 is 10.8 Å². The fraction of sp³-hybridized carbons (Fsp3) is 0.0667. The highest BCUT2D eigenvalue weighted by Gasteiger charge is 2.30. The molecule has 0 spiro atoms. The highest BCUT2D eigenvalue weighted by Crippen LogP contribution is 2.36. The fourth-order valence-electron chi connectivity index (χ4n) is 2.33. The molecule has 0 bridgehead atoms. The van der Waals surface area contributed by atoms with Gasteiger partial charge in [0.05, 0.1) is 5.69 Å². The molecule has 21 heavy (non-hydrogen) atoms. The van der Waals surface area contributed by atoms with Crippen LogP contribution in [0, 0.1) is 0 Å². The van der Waals surface area contributed by atoms with Crippen molar-refractivity contribution < 1.29 is 15.1 Å². The van der Waals surface area contributed by atoms with Crippen LogP contribution < -0.4 is 10.8 Å². The van der Waals surface area contributed by atoms with Gasteiger partial charge in [-0.15, -0.1) is 0 Å². The maximum atomic E-state index is 11.8. The molecule has 1 atom stereocenters. The number of aliphatic hydroxyl groups excluding tert-OH is 1. The van der Waals surface area contributed by atoms with Gasteiger partial charge in [-0.2, -0.15) is 5.06 Å². The zero-order valence-electron chi connectivity index (χ0n) is 11.0. The third-order valence-electron chi connectivity index (χ3n) is 3.32. The molecule has 0 saturated heterocycles. The number of benzene rings is 2. The number of hydrogen-bond donors (Lipinski definition) is 3. The third kappa shape index (κ3) is 2.21. The molecule has 2 aromatic rings. The molecule has 1 aliphatic heterocycles. The van der Waals surface area contributed by atoms with Crippen molar-refractivity contribution in [3.05, 3.63) is 59.7 Å². The topological polar surface area (TPSA) is 99.2 Å². The molecule has 6 heteroatoms. The Morgan fingerprint density at radius 1 is 1.14 bits per heavy atom. The first-order valence-electron chi connectivity index (χ1n) is 6.32. The van der Waals surface area contributed by atoms with Gasteiger partial charge >= 0.3 is 5.91 Å². The van der Waals surface area contributed by atoms with Crippen molar-refractivity contribution in [2.75, 3.05) is 10.8 Å². The summed E-state index contributed by atoms with van der Waals surface area (Å²) in [5.74, 6) is -1.72. The summed E-state index contributed by atoms with van der Waals surface area (Å²) in [6, 6.07) is 13.3. The normalized spacial score (nSPS) is 18.0. The first-order valence-corrected chi connectivity index (χ1v) is 6.32. The van der Waals surface area contributed by atoms with Gasteiger partial charge in [-0.3, -0.25) is 10.0 Å². The number of nitrogens with two attached hydrogens (primary N) is 1. The lowest BCUT2D eigenvalue weighted by Crippen LogP contribution is -2.32. The lowest BCUT2D eigenvalue weighted by molar-refractivity contribution is -0.118. The Balaban J connectivity index is 2.25. The summed E-state index contributed by atoms with van der Waals surface area (Å²) >= 11 is 0. The second-order valence-electron chi connectivity index (χ2n) is 4.70. The fourth-order valence-corrected chi connectivity index (χ4v) is 2.33. The first-order chi connectivity index (χ1) is 10.1. The average molecular weight is 283 g/mol. The summed E-state index contributed by atoms with van der Waals surface area (Å²) in [6.45, 7) is 0.